The molecule has 2 aliphatic heterocycles. The molecule has 0 saturated carbocycles. The van der Waals surface area contributed by atoms with Crippen LogP contribution in [0.3, 0.4) is 0 Å². The maximum atomic E-state index is 13.9. The molecule has 0 bridgehead atoms. The predicted octanol–water partition coefficient (Wildman–Crippen LogP) is 3.76. The van der Waals surface area contributed by atoms with Crippen LogP contribution < -0.4 is 4.90 Å². The van der Waals surface area contributed by atoms with Crippen LogP contribution in [0.4, 0.5) is 5.69 Å². The van der Waals surface area contributed by atoms with Crippen molar-refractivity contribution in [1.82, 2.24) is 9.97 Å². The number of nitriles is 2. The minimum absolute atomic E-state index is 0.142. The Morgan fingerprint density at radius 1 is 1.00 bits per heavy atom. The lowest BCUT2D eigenvalue weighted by Gasteiger charge is -2.34. The average Bonchev–Trinajstić information content (AvgIpc) is 3.15. The fourth-order valence-corrected chi connectivity index (χ4v) is 4.82. The third-order valence-corrected chi connectivity index (χ3v) is 6.14. The zero-order chi connectivity index (χ0) is 21.4. The molecule has 0 N–H and O–H groups in total. The van der Waals surface area contributed by atoms with Gasteiger partial charge >= 0.3 is 0 Å². The number of aromatic nitrogens is 2. The molecule has 0 unspecified atom stereocenters. The van der Waals surface area contributed by atoms with Crippen LogP contribution >= 0.6 is 0 Å². The van der Waals surface area contributed by atoms with Crippen molar-refractivity contribution in [3.8, 4) is 12.1 Å². The molecule has 4 heterocycles. The molecule has 3 aromatic rings. The normalized spacial score (nSPS) is 22.6. The highest BCUT2D eigenvalue weighted by molar-refractivity contribution is 6.04. The van der Waals surface area contributed by atoms with Crippen molar-refractivity contribution in [3.05, 3.63) is 96.1 Å². The number of hydrogen-bond acceptors (Lipinski definition) is 6. The van der Waals surface area contributed by atoms with E-state index >= 15 is 0 Å². The first-order valence-corrected chi connectivity index (χ1v) is 9.94. The third-order valence-electron chi connectivity index (χ3n) is 6.14. The van der Waals surface area contributed by atoms with Crippen LogP contribution in [0.5, 0.6) is 0 Å². The number of carbonyl (C=O) groups is 1. The van der Waals surface area contributed by atoms with Crippen molar-refractivity contribution in [2.45, 2.75) is 18.0 Å². The molecule has 1 aromatic carbocycles. The van der Waals surface area contributed by atoms with Gasteiger partial charge in [-0.1, -0.05) is 42.5 Å². The van der Waals surface area contributed by atoms with Gasteiger partial charge in [0.2, 0.25) is 0 Å². The molecule has 31 heavy (non-hydrogen) atoms. The molecule has 5 rings (SSSR count). The van der Waals surface area contributed by atoms with Gasteiger partial charge in [0.05, 0.1) is 29.6 Å². The van der Waals surface area contributed by atoms with E-state index in [0.717, 1.165) is 5.69 Å². The van der Waals surface area contributed by atoms with E-state index in [-0.39, 0.29) is 5.78 Å². The first-order chi connectivity index (χ1) is 15.2. The molecule has 0 amide bonds. The van der Waals surface area contributed by atoms with E-state index in [1.165, 1.54) is 0 Å². The molecule has 148 valence electrons. The Labute approximate surface area is 179 Å². The van der Waals surface area contributed by atoms with E-state index in [1.807, 2.05) is 47.4 Å². The molecular formula is C25H17N5O. The molecule has 0 aliphatic carbocycles. The quantitative estimate of drug-likeness (QED) is 0.618. The van der Waals surface area contributed by atoms with E-state index < -0.39 is 23.4 Å². The van der Waals surface area contributed by atoms with Gasteiger partial charge in [-0.25, -0.2) is 0 Å². The van der Waals surface area contributed by atoms with Gasteiger partial charge in [-0.2, -0.15) is 10.5 Å². The molecule has 3 atom stereocenters. The summed E-state index contributed by atoms with van der Waals surface area (Å²) in [5.74, 6) is -0.832. The topological polar surface area (TPSA) is 93.7 Å². The standard InChI is InChI=1S/C25H17N5O/c26-15-25(16-27)21-11-10-19-20(9-5-13-29-19)30(21)23(22(25)18-8-4-12-28-14-18)24(31)17-6-2-1-3-7-17/h1-14,21-23H/t21-,22-,23-/m1/s1. The zero-order valence-electron chi connectivity index (χ0n) is 16.5. The highest BCUT2D eigenvalue weighted by Crippen LogP contribution is 2.55. The molecular weight excluding hydrogens is 386 g/mol. The Morgan fingerprint density at radius 2 is 1.77 bits per heavy atom. The number of anilines is 1. The van der Waals surface area contributed by atoms with Crippen molar-refractivity contribution in [1.29, 1.82) is 10.5 Å². The van der Waals surface area contributed by atoms with Gasteiger partial charge in [0.1, 0.15) is 6.04 Å². The van der Waals surface area contributed by atoms with Gasteiger partial charge in [0.15, 0.2) is 11.2 Å². The summed E-state index contributed by atoms with van der Waals surface area (Å²) in [5.41, 5.74) is 1.20. The molecule has 6 heteroatoms. The van der Waals surface area contributed by atoms with E-state index in [2.05, 4.69) is 22.1 Å². The monoisotopic (exact) mass is 403 g/mol. The Morgan fingerprint density at radius 3 is 2.48 bits per heavy atom. The highest BCUT2D eigenvalue weighted by Gasteiger charge is 2.63. The van der Waals surface area contributed by atoms with Gasteiger partial charge in [-0.05, 0) is 29.8 Å². The molecule has 1 fully saturated rings. The SMILES string of the molecule is N#CC1(C#N)[C@H](c2cccnc2)[C@H](C(=O)c2ccccc2)N2c3cccnc3C=C[C@@H]21. The van der Waals surface area contributed by atoms with Gasteiger partial charge in [0, 0.05) is 30.1 Å². The summed E-state index contributed by atoms with van der Waals surface area (Å²) in [6.45, 7) is 0. The summed E-state index contributed by atoms with van der Waals surface area (Å²) >= 11 is 0. The van der Waals surface area contributed by atoms with E-state index in [1.54, 1.807) is 42.9 Å². The first-order valence-electron chi connectivity index (χ1n) is 9.94. The fraction of sp³-hybridized carbons (Fsp3) is 0.160. The number of carbonyl (C=O) groups excluding carboxylic acids is 1. The molecule has 6 nitrogen and oxygen atoms in total. The highest BCUT2D eigenvalue weighted by atomic mass is 16.1. The summed E-state index contributed by atoms with van der Waals surface area (Å²) in [6.07, 6.45) is 8.62. The number of fused-ring (bicyclic) bond motifs is 3. The first kappa shape index (κ1) is 18.7. The Bertz CT molecular complexity index is 1240. The van der Waals surface area contributed by atoms with Crippen molar-refractivity contribution < 1.29 is 4.79 Å². The molecule has 2 aromatic heterocycles. The summed E-state index contributed by atoms with van der Waals surface area (Å²) < 4.78 is 0. The summed E-state index contributed by atoms with van der Waals surface area (Å²) in [5, 5.41) is 20.6. The van der Waals surface area contributed by atoms with Gasteiger partial charge in [-0.15, -0.1) is 0 Å². The van der Waals surface area contributed by atoms with Crippen LogP contribution in [-0.2, 0) is 0 Å². The minimum atomic E-state index is -1.47. The van der Waals surface area contributed by atoms with Gasteiger partial charge in [0.25, 0.3) is 0 Å². The Kier molecular flexibility index (Phi) is 4.34. The molecule has 0 spiro atoms. The fourth-order valence-electron chi connectivity index (χ4n) is 4.82. The van der Waals surface area contributed by atoms with Crippen LogP contribution in [0, 0.1) is 28.1 Å². The van der Waals surface area contributed by atoms with Crippen LogP contribution in [0.1, 0.15) is 27.5 Å². The lowest BCUT2D eigenvalue weighted by molar-refractivity contribution is 0.0951. The summed E-state index contributed by atoms with van der Waals surface area (Å²) in [7, 11) is 0. The smallest absolute Gasteiger partial charge is 0.185 e. The predicted molar refractivity (Wildman–Crippen MR) is 115 cm³/mol. The van der Waals surface area contributed by atoms with Gasteiger partial charge in [-0.3, -0.25) is 14.8 Å². The van der Waals surface area contributed by atoms with E-state index in [4.69, 9.17) is 0 Å². The summed E-state index contributed by atoms with van der Waals surface area (Å²) in [6, 6.07) is 19.5. The lowest BCUT2D eigenvalue weighted by Crippen LogP contribution is -2.44. The molecule has 2 aliphatic rings. The summed E-state index contributed by atoms with van der Waals surface area (Å²) in [4.78, 5) is 24.4. The van der Waals surface area contributed by atoms with Crippen LogP contribution in [0.2, 0.25) is 0 Å². The van der Waals surface area contributed by atoms with Crippen LogP contribution in [-0.4, -0.2) is 27.8 Å². The van der Waals surface area contributed by atoms with Crippen molar-refractivity contribution >= 4 is 17.5 Å². The number of nitrogens with zero attached hydrogens (tertiary/aromatic N) is 5. The van der Waals surface area contributed by atoms with E-state index in [9.17, 15) is 15.3 Å². The Balaban J connectivity index is 1.79. The number of rotatable bonds is 3. The largest absolute Gasteiger partial charge is 0.349 e. The maximum absolute atomic E-state index is 13.9. The number of benzene rings is 1. The number of pyridine rings is 2. The number of ketones is 1. The van der Waals surface area contributed by atoms with Gasteiger partial charge < -0.3 is 4.90 Å². The lowest BCUT2D eigenvalue weighted by atomic mass is 9.69. The van der Waals surface area contributed by atoms with Crippen molar-refractivity contribution in [2.24, 2.45) is 5.41 Å². The third kappa shape index (κ3) is 2.66. The zero-order valence-corrected chi connectivity index (χ0v) is 16.5. The number of hydrogen-bond donors (Lipinski definition) is 0. The van der Waals surface area contributed by atoms with Crippen molar-refractivity contribution in [2.75, 3.05) is 4.90 Å². The van der Waals surface area contributed by atoms with E-state index in [0.29, 0.717) is 16.8 Å². The maximum Gasteiger partial charge on any atom is 0.185 e. The average molecular weight is 403 g/mol. The second-order valence-corrected chi connectivity index (χ2v) is 7.65. The Hall–Kier alpha value is -4.29. The minimum Gasteiger partial charge on any atom is -0.349 e. The second-order valence-electron chi connectivity index (χ2n) is 7.65. The second kappa shape index (κ2) is 7.19. The number of Topliss-reactive ketones (excluding diaryl/α,β-unsaturated/α-hetero) is 1. The van der Waals surface area contributed by atoms with Crippen molar-refractivity contribution in [3.63, 3.8) is 0 Å². The van der Waals surface area contributed by atoms with Crippen LogP contribution in [0.15, 0.2) is 79.3 Å². The van der Waals surface area contributed by atoms with Crippen LogP contribution in [0.25, 0.3) is 6.08 Å². The molecule has 0 radical (unpaired) electrons. The molecule has 1 saturated heterocycles.